The lowest BCUT2D eigenvalue weighted by atomic mass is 10.0. The molecule has 0 unspecified atom stereocenters. The van der Waals surface area contributed by atoms with Crippen molar-refractivity contribution in [1.29, 1.82) is 0 Å². The average molecular weight is 417 g/mol. The molecule has 0 saturated heterocycles. The molecule has 146 valence electrons. The summed E-state index contributed by atoms with van der Waals surface area (Å²) in [6.07, 6.45) is 1.08. The van der Waals surface area contributed by atoms with Crippen LogP contribution in [0.4, 0.5) is 5.69 Å². The number of rotatable bonds is 6. The third kappa shape index (κ3) is 4.64. The molecule has 0 atom stereocenters. The highest BCUT2D eigenvalue weighted by atomic mass is 35.5. The van der Waals surface area contributed by atoms with Crippen molar-refractivity contribution in [2.75, 3.05) is 17.1 Å². The van der Waals surface area contributed by atoms with Gasteiger partial charge in [-0.1, -0.05) is 54.1 Å². The van der Waals surface area contributed by atoms with Gasteiger partial charge in [0, 0.05) is 11.6 Å². The van der Waals surface area contributed by atoms with Gasteiger partial charge in [-0.2, -0.15) is 0 Å². The Kier molecular flexibility index (Phi) is 5.91. The average Bonchev–Trinajstić information content (AvgIpc) is 2.64. The van der Waals surface area contributed by atoms with E-state index < -0.39 is 10.0 Å². The molecule has 0 radical (unpaired) electrons. The fraction of sp³-hybridized carbons (Fsp3) is 0.190. The lowest BCUT2D eigenvalue weighted by molar-refractivity contribution is -0.119. The second-order valence-electron chi connectivity index (χ2n) is 6.62. The Morgan fingerprint density at radius 1 is 1.07 bits per heavy atom. The number of benzene rings is 3. The largest absolute Gasteiger partial charge is 0.350 e. The number of halogens is 1. The molecule has 0 fully saturated rings. The molecule has 1 amide bonds. The summed E-state index contributed by atoms with van der Waals surface area (Å²) in [7, 11) is -3.64. The molecule has 3 rings (SSSR count). The molecule has 0 aromatic heterocycles. The Bertz CT molecular complexity index is 1120. The summed E-state index contributed by atoms with van der Waals surface area (Å²) in [5.74, 6) is -0.382. The zero-order valence-corrected chi connectivity index (χ0v) is 17.2. The maximum atomic E-state index is 12.5. The summed E-state index contributed by atoms with van der Waals surface area (Å²) >= 11 is 5.96. The lowest BCUT2D eigenvalue weighted by Gasteiger charge is -2.23. The van der Waals surface area contributed by atoms with Gasteiger partial charge in [-0.3, -0.25) is 9.10 Å². The topological polar surface area (TPSA) is 66.5 Å². The van der Waals surface area contributed by atoms with Crippen molar-refractivity contribution in [3.63, 3.8) is 0 Å². The predicted molar refractivity (Wildman–Crippen MR) is 114 cm³/mol. The third-order valence-corrected chi connectivity index (χ3v) is 5.83. The SMILES string of the molecule is Cc1cc(Cl)ccc1N(CC(=O)NCc1cccc2ccccc12)S(C)(=O)=O. The van der Waals surface area contributed by atoms with Crippen LogP contribution in [0.1, 0.15) is 11.1 Å². The summed E-state index contributed by atoms with van der Waals surface area (Å²) in [4.78, 5) is 12.5. The molecular formula is C21H21ClN2O3S. The summed E-state index contributed by atoms with van der Waals surface area (Å²) in [5, 5.41) is 5.47. The predicted octanol–water partition coefficient (Wildman–Crippen LogP) is 3.88. The van der Waals surface area contributed by atoms with E-state index in [0.717, 1.165) is 26.9 Å². The molecule has 0 aliphatic heterocycles. The highest BCUT2D eigenvalue weighted by molar-refractivity contribution is 7.92. The van der Waals surface area contributed by atoms with Gasteiger partial charge in [0.25, 0.3) is 0 Å². The minimum atomic E-state index is -3.64. The quantitative estimate of drug-likeness (QED) is 0.663. The van der Waals surface area contributed by atoms with Gasteiger partial charge in [0.15, 0.2) is 0 Å². The van der Waals surface area contributed by atoms with Crippen LogP contribution in [0.2, 0.25) is 5.02 Å². The first-order valence-corrected chi connectivity index (χ1v) is 11.0. The normalized spacial score (nSPS) is 11.4. The van der Waals surface area contributed by atoms with Gasteiger partial charge in [-0.05, 0) is 47.0 Å². The van der Waals surface area contributed by atoms with Crippen LogP contribution < -0.4 is 9.62 Å². The van der Waals surface area contributed by atoms with E-state index in [0.29, 0.717) is 22.8 Å². The van der Waals surface area contributed by atoms with Crippen molar-refractivity contribution in [2.24, 2.45) is 0 Å². The number of aryl methyl sites for hydroxylation is 1. The van der Waals surface area contributed by atoms with E-state index >= 15 is 0 Å². The number of carbonyl (C=O) groups is 1. The van der Waals surface area contributed by atoms with E-state index in [1.165, 1.54) is 0 Å². The molecule has 0 aliphatic carbocycles. The van der Waals surface area contributed by atoms with Crippen molar-refractivity contribution >= 4 is 44.0 Å². The Balaban J connectivity index is 1.77. The Morgan fingerprint density at radius 2 is 1.79 bits per heavy atom. The maximum absolute atomic E-state index is 12.5. The molecule has 7 heteroatoms. The molecule has 3 aromatic carbocycles. The number of carbonyl (C=O) groups excluding carboxylic acids is 1. The molecule has 3 aromatic rings. The van der Waals surface area contributed by atoms with Crippen LogP contribution in [-0.4, -0.2) is 27.1 Å². The number of hydrogen-bond donors (Lipinski definition) is 1. The highest BCUT2D eigenvalue weighted by Crippen LogP contribution is 2.25. The molecular weight excluding hydrogens is 396 g/mol. The first-order chi connectivity index (χ1) is 13.3. The standard InChI is InChI=1S/C21H21ClN2O3S/c1-15-12-18(22)10-11-20(15)24(28(2,26)27)14-21(25)23-13-17-8-5-7-16-6-3-4-9-19(16)17/h3-12H,13-14H2,1-2H3,(H,23,25). The van der Waals surface area contributed by atoms with E-state index in [2.05, 4.69) is 5.32 Å². The zero-order valence-electron chi connectivity index (χ0n) is 15.6. The Morgan fingerprint density at radius 3 is 2.50 bits per heavy atom. The zero-order chi connectivity index (χ0) is 20.3. The minimum Gasteiger partial charge on any atom is -0.350 e. The van der Waals surface area contributed by atoms with Gasteiger partial charge < -0.3 is 5.32 Å². The van der Waals surface area contributed by atoms with Gasteiger partial charge in [0.05, 0.1) is 11.9 Å². The number of anilines is 1. The van der Waals surface area contributed by atoms with Gasteiger partial charge in [-0.15, -0.1) is 0 Å². The maximum Gasteiger partial charge on any atom is 0.241 e. The van der Waals surface area contributed by atoms with Gasteiger partial charge in [-0.25, -0.2) is 8.42 Å². The highest BCUT2D eigenvalue weighted by Gasteiger charge is 2.22. The monoisotopic (exact) mass is 416 g/mol. The molecule has 0 aliphatic rings. The Hall–Kier alpha value is -2.57. The molecule has 1 N–H and O–H groups in total. The van der Waals surface area contributed by atoms with Crippen LogP contribution in [0.25, 0.3) is 10.8 Å². The van der Waals surface area contributed by atoms with Crippen molar-refractivity contribution in [1.82, 2.24) is 5.32 Å². The van der Waals surface area contributed by atoms with E-state index in [9.17, 15) is 13.2 Å². The summed E-state index contributed by atoms with van der Waals surface area (Å²) < 4.78 is 25.6. The van der Waals surface area contributed by atoms with Crippen LogP contribution in [0.3, 0.4) is 0 Å². The first kappa shape index (κ1) is 20.2. The second kappa shape index (κ2) is 8.20. The number of nitrogens with one attached hydrogen (secondary N) is 1. The van der Waals surface area contributed by atoms with E-state index in [-0.39, 0.29) is 12.5 Å². The summed E-state index contributed by atoms with van der Waals surface area (Å²) in [6.45, 7) is 1.77. The van der Waals surface area contributed by atoms with Gasteiger partial charge in [0.2, 0.25) is 15.9 Å². The molecule has 5 nitrogen and oxygen atoms in total. The molecule has 0 bridgehead atoms. The van der Waals surface area contributed by atoms with Crippen molar-refractivity contribution < 1.29 is 13.2 Å². The van der Waals surface area contributed by atoms with Crippen LogP contribution in [0.15, 0.2) is 60.7 Å². The lowest BCUT2D eigenvalue weighted by Crippen LogP contribution is -2.40. The summed E-state index contributed by atoms with van der Waals surface area (Å²) in [5.41, 5.74) is 2.09. The van der Waals surface area contributed by atoms with E-state index in [4.69, 9.17) is 11.6 Å². The third-order valence-electron chi connectivity index (χ3n) is 4.47. The number of hydrogen-bond acceptors (Lipinski definition) is 3. The number of nitrogens with zero attached hydrogens (tertiary/aromatic N) is 1. The van der Waals surface area contributed by atoms with Crippen molar-refractivity contribution in [3.8, 4) is 0 Å². The molecule has 28 heavy (non-hydrogen) atoms. The fourth-order valence-corrected chi connectivity index (χ4v) is 4.25. The molecule has 0 saturated carbocycles. The van der Waals surface area contributed by atoms with Crippen LogP contribution in [0.5, 0.6) is 0 Å². The molecule has 0 heterocycles. The molecule has 0 spiro atoms. The fourth-order valence-electron chi connectivity index (χ4n) is 3.11. The Labute approximate surface area is 170 Å². The van der Waals surface area contributed by atoms with Crippen LogP contribution >= 0.6 is 11.6 Å². The van der Waals surface area contributed by atoms with Crippen LogP contribution in [0, 0.1) is 6.92 Å². The van der Waals surface area contributed by atoms with Gasteiger partial charge in [0.1, 0.15) is 6.54 Å². The van der Waals surface area contributed by atoms with Gasteiger partial charge >= 0.3 is 0 Å². The van der Waals surface area contributed by atoms with Crippen molar-refractivity contribution in [2.45, 2.75) is 13.5 Å². The van der Waals surface area contributed by atoms with E-state index in [1.54, 1.807) is 25.1 Å². The first-order valence-electron chi connectivity index (χ1n) is 8.73. The number of amides is 1. The minimum absolute atomic E-state index is 0.300. The second-order valence-corrected chi connectivity index (χ2v) is 8.96. The van der Waals surface area contributed by atoms with Crippen molar-refractivity contribution in [3.05, 3.63) is 76.8 Å². The van der Waals surface area contributed by atoms with E-state index in [1.807, 2.05) is 42.5 Å². The smallest absolute Gasteiger partial charge is 0.241 e. The van der Waals surface area contributed by atoms with Crippen LogP contribution in [-0.2, 0) is 21.4 Å². The number of sulfonamides is 1. The summed E-state index contributed by atoms with van der Waals surface area (Å²) in [6, 6.07) is 18.7. The number of fused-ring (bicyclic) bond motifs is 1.